The fraction of sp³-hybridized carbons (Fsp3) is 0.652. The zero-order valence-corrected chi connectivity index (χ0v) is 18.3. The van der Waals surface area contributed by atoms with Gasteiger partial charge in [0.25, 0.3) is 5.91 Å². The van der Waals surface area contributed by atoms with Gasteiger partial charge in [0.05, 0.1) is 20.9 Å². The summed E-state index contributed by atoms with van der Waals surface area (Å²) >= 11 is 0. The molecule has 1 aromatic rings. The number of amides is 3. The number of likely N-dealkylation sites (tertiary alicyclic amines) is 1. The monoisotopic (exact) mass is 415 g/mol. The van der Waals surface area contributed by atoms with Crippen LogP contribution in [0, 0.1) is 5.92 Å². The number of ether oxygens (including phenoxy) is 2. The fourth-order valence-corrected chi connectivity index (χ4v) is 5.35. The molecule has 0 radical (unpaired) electrons. The van der Waals surface area contributed by atoms with E-state index in [0.717, 1.165) is 68.6 Å². The predicted molar refractivity (Wildman–Crippen MR) is 113 cm³/mol. The van der Waals surface area contributed by atoms with E-state index in [1.807, 2.05) is 18.2 Å². The van der Waals surface area contributed by atoms with E-state index < -0.39 is 5.54 Å². The van der Waals surface area contributed by atoms with Crippen molar-refractivity contribution in [2.75, 3.05) is 27.4 Å². The maximum atomic E-state index is 13.3. The van der Waals surface area contributed by atoms with Crippen molar-refractivity contribution in [3.05, 3.63) is 23.8 Å². The van der Waals surface area contributed by atoms with Crippen LogP contribution in [0.4, 0.5) is 4.79 Å². The number of carbonyl (C=O) groups is 2. The molecule has 0 aromatic heterocycles. The highest BCUT2D eigenvalue weighted by Crippen LogP contribution is 2.41. The molecule has 164 valence electrons. The van der Waals surface area contributed by atoms with E-state index in [-0.39, 0.29) is 18.0 Å². The second-order valence-corrected chi connectivity index (χ2v) is 8.82. The second-order valence-electron chi connectivity index (χ2n) is 8.82. The van der Waals surface area contributed by atoms with Crippen LogP contribution in [0.5, 0.6) is 11.5 Å². The molecule has 1 aliphatic carbocycles. The van der Waals surface area contributed by atoms with Crippen LogP contribution in [-0.2, 0) is 4.79 Å². The molecule has 1 spiro atoms. The van der Waals surface area contributed by atoms with E-state index in [1.54, 1.807) is 14.2 Å². The number of benzene rings is 1. The molecule has 7 heteroatoms. The van der Waals surface area contributed by atoms with Crippen molar-refractivity contribution in [1.29, 1.82) is 0 Å². The molecule has 2 saturated heterocycles. The summed E-state index contributed by atoms with van der Waals surface area (Å²) in [6, 6.07) is 5.64. The van der Waals surface area contributed by atoms with Gasteiger partial charge >= 0.3 is 6.03 Å². The number of hydrogen-bond acceptors (Lipinski definition) is 5. The third kappa shape index (κ3) is 3.64. The minimum atomic E-state index is -0.689. The Balaban J connectivity index is 1.51. The molecule has 1 N–H and O–H groups in total. The summed E-state index contributed by atoms with van der Waals surface area (Å²) < 4.78 is 11.0. The highest BCUT2D eigenvalue weighted by Gasteiger charge is 2.52. The van der Waals surface area contributed by atoms with Gasteiger partial charge in [0.15, 0.2) is 0 Å². The molecule has 2 heterocycles. The van der Waals surface area contributed by atoms with Crippen molar-refractivity contribution in [2.24, 2.45) is 5.92 Å². The summed E-state index contributed by atoms with van der Waals surface area (Å²) in [6.07, 6.45) is 6.61. The zero-order chi connectivity index (χ0) is 21.3. The first kappa shape index (κ1) is 21.0. The molecule has 30 heavy (non-hydrogen) atoms. The molecule has 3 amide bonds. The smallest absolute Gasteiger partial charge is 0.326 e. The van der Waals surface area contributed by atoms with Crippen LogP contribution < -0.4 is 14.8 Å². The van der Waals surface area contributed by atoms with Gasteiger partial charge in [0, 0.05) is 18.2 Å². The Morgan fingerprint density at radius 2 is 1.90 bits per heavy atom. The molecule has 7 nitrogen and oxygen atoms in total. The van der Waals surface area contributed by atoms with Crippen LogP contribution in [-0.4, -0.2) is 54.7 Å². The van der Waals surface area contributed by atoms with Crippen molar-refractivity contribution in [1.82, 2.24) is 15.1 Å². The van der Waals surface area contributed by atoms with Crippen LogP contribution in [0.3, 0.4) is 0 Å². The van der Waals surface area contributed by atoms with Crippen molar-refractivity contribution in [3.8, 4) is 11.5 Å². The minimum absolute atomic E-state index is 0.0506. The average Bonchev–Trinajstić information content (AvgIpc) is 3.32. The maximum Gasteiger partial charge on any atom is 0.326 e. The molecule has 3 fully saturated rings. The predicted octanol–water partition coefficient (Wildman–Crippen LogP) is 3.69. The number of nitrogens with one attached hydrogen (secondary N) is 1. The molecule has 1 atom stereocenters. The van der Waals surface area contributed by atoms with Crippen LogP contribution in [0.15, 0.2) is 18.2 Å². The van der Waals surface area contributed by atoms with E-state index in [9.17, 15) is 9.59 Å². The quantitative estimate of drug-likeness (QED) is 0.718. The molecule has 4 rings (SSSR count). The van der Waals surface area contributed by atoms with Gasteiger partial charge in [-0.1, -0.05) is 13.3 Å². The summed E-state index contributed by atoms with van der Waals surface area (Å²) in [7, 11) is 3.32. The molecule has 1 unspecified atom stereocenters. The van der Waals surface area contributed by atoms with E-state index in [4.69, 9.17) is 9.47 Å². The molecule has 0 bridgehead atoms. The van der Waals surface area contributed by atoms with Crippen molar-refractivity contribution >= 4 is 11.9 Å². The summed E-state index contributed by atoms with van der Waals surface area (Å²) in [5.41, 5.74) is 0.352. The third-order valence-corrected chi connectivity index (χ3v) is 7.26. The Morgan fingerprint density at radius 1 is 1.13 bits per heavy atom. The SMILES string of the molecule is CCC1CCC2(CC1)NC(=O)N(CN1CCCC1c1cc(OC)ccc1OC)C2=O. The molecular weight excluding hydrogens is 382 g/mol. The summed E-state index contributed by atoms with van der Waals surface area (Å²) in [6.45, 7) is 3.35. The van der Waals surface area contributed by atoms with Gasteiger partial charge in [-0.25, -0.2) is 9.69 Å². The van der Waals surface area contributed by atoms with Crippen molar-refractivity contribution in [2.45, 2.75) is 63.5 Å². The van der Waals surface area contributed by atoms with E-state index >= 15 is 0 Å². The van der Waals surface area contributed by atoms with Crippen molar-refractivity contribution < 1.29 is 19.1 Å². The molecule has 1 aromatic carbocycles. The number of carbonyl (C=O) groups excluding carboxylic acids is 2. The van der Waals surface area contributed by atoms with Gasteiger partial charge in [0.2, 0.25) is 0 Å². The highest BCUT2D eigenvalue weighted by atomic mass is 16.5. The Hall–Kier alpha value is -2.28. The first-order chi connectivity index (χ1) is 14.5. The number of nitrogens with zero attached hydrogens (tertiary/aromatic N) is 2. The third-order valence-electron chi connectivity index (χ3n) is 7.26. The van der Waals surface area contributed by atoms with Crippen LogP contribution in [0.2, 0.25) is 0 Å². The van der Waals surface area contributed by atoms with Crippen molar-refractivity contribution in [3.63, 3.8) is 0 Å². The van der Waals surface area contributed by atoms with Gasteiger partial charge in [0.1, 0.15) is 17.0 Å². The first-order valence-corrected chi connectivity index (χ1v) is 11.1. The van der Waals surface area contributed by atoms with E-state index in [2.05, 4.69) is 17.1 Å². The number of urea groups is 1. The minimum Gasteiger partial charge on any atom is -0.497 e. The number of hydrogen-bond donors (Lipinski definition) is 1. The van der Waals surface area contributed by atoms with Gasteiger partial charge in [-0.3, -0.25) is 9.69 Å². The first-order valence-electron chi connectivity index (χ1n) is 11.1. The average molecular weight is 416 g/mol. The second kappa shape index (κ2) is 8.46. The molecule has 1 saturated carbocycles. The van der Waals surface area contributed by atoms with Crippen LogP contribution in [0.1, 0.15) is 63.5 Å². The largest absolute Gasteiger partial charge is 0.497 e. The van der Waals surface area contributed by atoms with E-state index in [1.165, 1.54) is 4.90 Å². The Bertz CT molecular complexity index is 804. The number of methoxy groups -OCH3 is 2. The summed E-state index contributed by atoms with van der Waals surface area (Å²) in [5.74, 6) is 2.20. The lowest BCUT2D eigenvalue weighted by Crippen LogP contribution is -2.50. The lowest BCUT2D eigenvalue weighted by atomic mass is 9.75. The summed E-state index contributed by atoms with van der Waals surface area (Å²) in [5, 5.41) is 3.05. The standard InChI is InChI=1S/C23H33N3O4/c1-4-16-9-11-23(12-10-16)21(27)26(22(28)24-23)15-25-13-5-6-19(25)18-14-17(29-2)7-8-20(18)30-3/h7-8,14,16,19H,4-6,9-13,15H2,1-3H3,(H,24,28). The lowest BCUT2D eigenvalue weighted by molar-refractivity contribution is -0.134. The molecule has 2 aliphatic heterocycles. The zero-order valence-electron chi connectivity index (χ0n) is 18.3. The van der Waals surface area contributed by atoms with Gasteiger partial charge in [-0.05, 0) is 62.6 Å². The number of rotatable bonds is 6. The topological polar surface area (TPSA) is 71.1 Å². The highest BCUT2D eigenvalue weighted by molar-refractivity contribution is 6.07. The Labute approximate surface area is 178 Å². The summed E-state index contributed by atoms with van der Waals surface area (Å²) in [4.78, 5) is 29.7. The van der Waals surface area contributed by atoms with Crippen LogP contribution >= 0.6 is 0 Å². The van der Waals surface area contributed by atoms with Gasteiger partial charge in [-0.15, -0.1) is 0 Å². The normalized spacial score (nSPS) is 29.5. The Morgan fingerprint density at radius 3 is 2.57 bits per heavy atom. The molecule has 3 aliphatic rings. The maximum absolute atomic E-state index is 13.3. The van der Waals surface area contributed by atoms with Gasteiger partial charge in [-0.2, -0.15) is 0 Å². The van der Waals surface area contributed by atoms with E-state index in [0.29, 0.717) is 12.6 Å². The molecular formula is C23H33N3O4. The van der Waals surface area contributed by atoms with Crippen LogP contribution in [0.25, 0.3) is 0 Å². The Kier molecular flexibility index (Phi) is 5.91. The lowest BCUT2D eigenvalue weighted by Gasteiger charge is -2.35. The fourth-order valence-electron chi connectivity index (χ4n) is 5.35. The van der Waals surface area contributed by atoms with Gasteiger partial charge < -0.3 is 14.8 Å². The number of imide groups is 1.